The lowest BCUT2D eigenvalue weighted by Gasteiger charge is -2.09. The van der Waals surface area contributed by atoms with Crippen molar-refractivity contribution in [1.82, 2.24) is 10.6 Å². The molecule has 6 heteroatoms. The maximum atomic E-state index is 12.0. The SMILES string of the molecule is Cc1ccc(C2=NO[C@H](C(=O)NCC(=O)NC3CC3)C2)cc1. The molecular weight excluding hydrogens is 282 g/mol. The van der Waals surface area contributed by atoms with Gasteiger partial charge in [-0.3, -0.25) is 9.59 Å². The van der Waals surface area contributed by atoms with Crippen LogP contribution in [0.15, 0.2) is 29.4 Å². The van der Waals surface area contributed by atoms with Crippen molar-refractivity contribution in [3.63, 3.8) is 0 Å². The van der Waals surface area contributed by atoms with Crippen molar-refractivity contribution < 1.29 is 14.4 Å². The van der Waals surface area contributed by atoms with Crippen LogP contribution in [0.5, 0.6) is 0 Å². The van der Waals surface area contributed by atoms with Crippen LogP contribution in [0.3, 0.4) is 0 Å². The predicted octanol–water partition coefficient (Wildman–Crippen LogP) is 0.883. The van der Waals surface area contributed by atoms with Crippen LogP contribution in [0, 0.1) is 6.92 Å². The van der Waals surface area contributed by atoms with E-state index in [2.05, 4.69) is 15.8 Å². The summed E-state index contributed by atoms with van der Waals surface area (Å²) in [7, 11) is 0. The number of nitrogens with one attached hydrogen (secondary N) is 2. The Labute approximate surface area is 128 Å². The minimum Gasteiger partial charge on any atom is -0.382 e. The third kappa shape index (κ3) is 3.63. The van der Waals surface area contributed by atoms with E-state index in [1.165, 1.54) is 5.56 Å². The van der Waals surface area contributed by atoms with E-state index >= 15 is 0 Å². The Morgan fingerprint density at radius 3 is 2.68 bits per heavy atom. The van der Waals surface area contributed by atoms with Crippen LogP contribution in [0.1, 0.15) is 30.4 Å². The third-order valence-electron chi connectivity index (χ3n) is 3.71. The lowest BCUT2D eigenvalue weighted by atomic mass is 10.0. The molecule has 3 rings (SSSR count). The molecule has 1 atom stereocenters. The van der Waals surface area contributed by atoms with Gasteiger partial charge in [0.25, 0.3) is 5.91 Å². The van der Waals surface area contributed by atoms with Gasteiger partial charge in [0.1, 0.15) is 0 Å². The van der Waals surface area contributed by atoms with Crippen LogP contribution in [0.2, 0.25) is 0 Å². The fourth-order valence-corrected chi connectivity index (χ4v) is 2.22. The van der Waals surface area contributed by atoms with Crippen LogP contribution in [-0.2, 0) is 14.4 Å². The van der Waals surface area contributed by atoms with Gasteiger partial charge in [0, 0.05) is 12.5 Å². The maximum absolute atomic E-state index is 12.0. The smallest absolute Gasteiger partial charge is 0.264 e. The molecular formula is C16H19N3O3. The number of carbonyl (C=O) groups is 2. The molecule has 1 heterocycles. The van der Waals surface area contributed by atoms with E-state index in [4.69, 9.17) is 4.84 Å². The summed E-state index contributed by atoms with van der Waals surface area (Å²) in [4.78, 5) is 28.7. The second-order valence-corrected chi connectivity index (χ2v) is 5.76. The van der Waals surface area contributed by atoms with Gasteiger partial charge in [0.2, 0.25) is 12.0 Å². The second kappa shape index (κ2) is 6.17. The number of aryl methyl sites for hydroxylation is 1. The van der Waals surface area contributed by atoms with E-state index in [-0.39, 0.29) is 18.4 Å². The van der Waals surface area contributed by atoms with Crippen LogP contribution in [0.25, 0.3) is 0 Å². The highest BCUT2D eigenvalue weighted by Gasteiger charge is 2.29. The van der Waals surface area contributed by atoms with E-state index in [1.807, 2.05) is 31.2 Å². The number of benzene rings is 1. The van der Waals surface area contributed by atoms with Crippen LogP contribution in [0.4, 0.5) is 0 Å². The van der Waals surface area contributed by atoms with Crippen LogP contribution >= 0.6 is 0 Å². The molecule has 1 aromatic carbocycles. The van der Waals surface area contributed by atoms with Crippen molar-refractivity contribution in [2.75, 3.05) is 6.54 Å². The molecule has 0 radical (unpaired) electrons. The number of amides is 2. The van der Waals surface area contributed by atoms with E-state index in [0.717, 1.165) is 24.1 Å². The molecule has 2 aliphatic rings. The molecule has 22 heavy (non-hydrogen) atoms. The normalized spacial score (nSPS) is 20.0. The average molecular weight is 301 g/mol. The Hall–Kier alpha value is -2.37. The van der Waals surface area contributed by atoms with E-state index in [1.54, 1.807) is 0 Å². The Kier molecular flexibility index (Phi) is 4.09. The molecule has 1 aliphatic carbocycles. The zero-order valence-corrected chi connectivity index (χ0v) is 12.5. The summed E-state index contributed by atoms with van der Waals surface area (Å²) in [6, 6.07) is 8.20. The van der Waals surface area contributed by atoms with Crippen molar-refractivity contribution in [2.24, 2.45) is 5.16 Å². The van der Waals surface area contributed by atoms with Crippen molar-refractivity contribution >= 4 is 17.5 Å². The van der Waals surface area contributed by atoms with Gasteiger partial charge in [0.05, 0.1) is 12.3 Å². The molecule has 6 nitrogen and oxygen atoms in total. The molecule has 0 spiro atoms. The van der Waals surface area contributed by atoms with Crippen molar-refractivity contribution in [3.8, 4) is 0 Å². The number of rotatable bonds is 5. The monoisotopic (exact) mass is 301 g/mol. The minimum absolute atomic E-state index is 0.0188. The molecule has 0 unspecified atom stereocenters. The van der Waals surface area contributed by atoms with Crippen molar-refractivity contribution in [2.45, 2.75) is 38.3 Å². The maximum Gasteiger partial charge on any atom is 0.264 e. The molecule has 1 fully saturated rings. The van der Waals surface area contributed by atoms with Gasteiger partial charge in [-0.05, 0) is 25.3 Å². The zero-order chi connectivity index (χ0) is 15.5. The van der Waals surface area contributed by atoms with E-state index in [0.29, 0.717) is 12.5 Å². The lowest BCUT2D eigenvalue weighted by molar-refractivity contribution is -0.133. The molecule has 2 N–H and O–H groups in total. The number of hydrogen-bond donors (Lipinski definition) is 2. The molecule has 1 aromatic rings. The molecule has 116 valence electrons. The molecule has 1 saturated carbocycles. The topological polar surface area (TPSA) is 79.8 Å². The highest BCUT2D eigenvalue weighted by molar-refractivity contribution is 6.04. The fraction of sp³-hybridized carbons (Fsp3) is 0.438. The first-order chi connectivity index (χ1) is 10.6. The summed E-state index contributed by atoms with van der Waals surface area (Å²) in [6.45, 7) is 1.99. The number of carbonyl (C=O) groups excluding carboxylic acids is 2. The first kappa shape index (κ1) is 14.6. The largest absolute Gasteiger partial charge is 0.382 e. The van der Waals surface area contributed by atoms with Gasteiger partial charge < -0.3 is 15.5 Å². The second-order valence-electron chi connectivity index (χ2n) is 5.76. The van der Waals surface area contributed by atoms with Crippen LogP contribution in [-0.4, -0.2) is 36.2 Å². The van der Waals surface area contributed by atoms with Crippen LogP contribution < -0.4 is 10.6 Å². The van der Waals surface area contributed by atoms with E-state index < -0.39 is 6.10 Å². The van der Waals surface area contributed by atoms with Gasteiger partial charge >= 0.3 is 0 Å². The molecule has 0 aromatic heterocycles. The van der Waals surface area contributed by atoms with Crippen molar-refractivity contribution in [3.05, 3.63) is 35.4 Å². The number of oxime groups is 1. The standard InChI is InChI=1S/C16H19N3O3/c1-10-2-4-11(5-3-10)13-8-14(22-19-13)16(21)17-9-15(20)18-12-6-7-12/h2-5,12,14H,6-9H2,1H3,(H,17,21)(H,18,20)/t14-/m0/s1. The number of nitrogens with zero attached hydrogens (tertiary/aromatic N) is 1. The average Bonchev–Trinajstić information content (AvgIpc) is 3.18. The Morgan fingerprint density at radius 1 is 1.27 bits per heavy atom. The Balaban J connectivity index is 1.47. The predicted molar refractivity (Wildman–Crippen MR) is 81.4 cm³/mol. The summed E-state index contributed by atoms with van der Waals surface area (Å²) < 4.78 is 0. The van der Waals surface area contributed by atoms with Gasteiger partial charge in [-0.25, -0.2) is 0 Å². The molecule has 0 saturated heterocycles. The van der Waals surface area contributed by atoms with Crippen molar-refractivity contribution in [1.29, 1.82) is 0 Å². The summed E-state index contributed by atoms with van der Waals surface area (Å²) >= 11 is 0. The molecule has 1 aliphatic heterocycles. The Morgan fingerprint density at radius 2 is 2.00 bits per heavy atom. The molecule has 0 bridgehead atoms. The minimum atomic E-state index is -0.662. The fourth-order valence-electron chi connectivity index (χ4n) is 2.22. The molecule has 2 amide bonds. The highest BCUT2D eigenvalue weighted by atomic mass is 16.6. The third-order valence-corrected chi connectivity index (χ3v) is 3.71. The highest BCUT2D eigenvalue weighted by Crippen LogP contribution is 2.18. The zero-order valence-electron chi connectivity index (χ0n) is 12.5. The first-order valence-corrected chi connectivity index (χ1v) is 7.48. The summed E-state index contributed by atoms with van der Waals surface area (Å²) in [5.41, 5.74) is 2.87. The van der Waals surface area contributed by atoms with Gasteiger partial charge in [-0.1, -0.05) is 35.0 Å². The first-order valence-electron chi connectivity index (χ1n) is 7.48. The summed E-state index contributed by atoms with van der Waals surface area (Å²) in [6.07, 6.45) is 1.81. The van der Waals surface area contributed by atoms with E-state index in [9.17, 15) is 9.59 Å². The number of hydrogen-bond acceptors (Lipinski definition) is 4. The summed E-state index contributed by atoms with van der Waals surface area (Å²) in [5, 5.41) is 9.38. The van der Waals surface area contributed by atoms with Gasteiger partial charge in [-0.2, -0.15) is 0 Å². The Bertz CT molecular complexity index is 606. The van der Waals surface area contributed by atoms with Gasteiger partial charge in [0.15, 0.2) is 0 Å². The summed E-state index contributed by atoms with van der Waals surface area (Å²) in [5.74, 6) is -0.467. The quantitative estimate of drug-likeness (QED) is 0.847. The van der Waals surface area contributed by atoms with Gasteiger partial charge in [-0.15, -0.1) is 0 Å². The lowest BCUT2D eigenvalue weighted by Crippen LogP contribution is -2.42.